The van der Waals surface area contributed by atoms with Gasteiger partial charge < -0.3 is 15.6 Å². The van der Waals surface area contributed by atoms with Crippen LogP contribution in [0.1, 0.15) is 55.2 Å². The quantitative estimate of drug-likeness (QED) is 0.270. The van der Waals surface area contributed by atoms with Crippen LogP contribution in [0, 0.1) is 5.82 Å². The third-order valence-corrected chi connectivity index (χ3v) is 6.79. The molecule has 3 rings (SSSR count). The first-order valence-corrected chi connectivity index (χ1v) is 11.7. The van der Waals surface area contributed by atoms with Gasteiger partial charge in [-0.05, 0) is 68.0 Å². The van der Waals surface area contributed by atoms with Gasteiger partial charge in [0, 0.05) is 5.56 Å². The summed E-state index contributed by atoms with van der Waals surface area (Å²) in [4.78, 5) is 0. The van der Waals surface area contributed by atoms with Gasteiger partial charge in [-0.3, -0.25) is 0 Å². The SMILES string of the molecule is CCC(CCCOc1ccc(-c2nnc([C@@](C)(N)CO)s2)cc1C(F)(F)F)c1cccc(F)c1. The minimum Gasteiger partial charge on any atom is -0.493 e. The first-order chi connectivity index (χ1) is 16.0. The minimum absolute atomic E-state index is 0.0965. The first kappa shape index (κ1) is 26.1. The van der Waals surface area contributed by atoms with Gasteiger partial charge in [0.25, 0.3) is 0 Å². The molecule has 184 valence electrons. The molecule has 1 heterocycles. The highest BCUT2D eigenvalue weighted by Crippen LogP contribution is 2.40. The van der Waals surface area contributed by atoms with Crippen molar-refractivity contribution in [2.24, 2.45) is 5.73 Å². The number of rotatable bonds is 10. The van der Waals surface area contributed by atoms with Gasteiger partial charge in [-0.1, -0.05) is 30.4 Å². The number of aliphatic hydroxyl groups excluding tert-OH is 1. The van der Waals surface area contributed by atoms with E-state index in [0.29, 0.717) is 17.8 Å². The molecular weight excluding hydrogens is 470 g/mol. The Morgan fingerprint density at radius 2 is 1.91 bits per heavy atom. The summed E-state index contributed by atoms with van der Waals surface area (Å²) < 4.78 is 60.2. The topological polar surface area (TPSA) is 81.3 Å². The molecule has 0 spiro atoms. The number of aliphatic hydroxyl groups is 1. The number of aromatic nitrogens is 2. The average Bonchev–Trinajstić information content (AvgIpc) is 3.30. The Bertz CT molecular complexity index is 1100. The van der Waals surface area contributed by atoms with Gasteiger partial charge in [0.2, 0.25) is 0 Å². The summed E-state index contributed by atoms with van der Waals surface area (Å²) >= 11 is 1.03. The van der Waals surface area contributed by atoms with Gasteiger partial charge in [0.1, 0.15) is 21.6 Å². The van der Waals surface area contributed by atoms with E-state index >= 15 is 0 Å². The maximum absolute atomic E-state index is 13.7. The van der Waals surface area contributed by atoms with Crippen LogP contribution >= 0.6 is 11.3 Å². The van der Waals surface area contributed by atoms with Crippen LogP contribution in [-0.2, 0) is 11.7 Å². The highest BCUT2D eigenvalue weighted by atomic mass is 32.1. The predicted molar refractivity (Wildman–Crippen MR) is 123 cm³/mol. The Morgan fingerprint density at radius 3 is 2.56 bits per heavy atom. The van der Waals surface area contributed by atoms with Crippen molar-refractivity contribution in [2.45, 2.75) is 50.7 Å². The molecule has 0 fully saturated rings. The molecule has 3 N–H and O–H groups in total. The van der Waals surface area contributed by atoms with Crippen molar-refractivity contribution in [3.63, 3.8) is 0 Å². The highest BCUT2D eigenvalue weighted by molar-refractivity contribution is 7.14. The zero-order valence-corrected chi connectivity index (χ0v) is 19.7. The number of halogens is 4. The summed E-state index contributed by atoms with van der Waals surface area (Å²) in [5, 5.41) is 17.8. The summed E-state index contributed by atoms with van der Waals surface area (Å²) in [5.41, 5.74) is 5.00. The molecule has 2 aromatic carbocycles. The largest absolute Gasteiger partial charge is 0.493 e. The Hall–Kier alpha value is -2.56. The van der Waals surface area contributed by atoms with Crippen LogP contribution in [0.4, 0.5) is 17.6 Å². The number of alkyl halides is 3. The second-order valence-electron chi connectivity index (χ2n) is 8.35. The maximum atomic E-state index is 13.7. The van der Waals surface area contributed by atoms with Crippen LogP contribution in [0.5, 0.6) is 5.75 Å². The Morgan fingerprint density at radius 1 is 1.15 bits per heavy atom. The normalized spacial score (nSPS) is 14.6. The Balaban J connectivity index is 1.71. The fourth-order valence-corrected chi connectivity index (χ4v) is 4.42. The van der Waals surface area contributed by atoms with Crippen LogP contribution < -0.4 is 10.5 Å². The minimum atomic E-state index is -4.63. The molecule has 0 aliphatic rings. The van der Waals surface area contributed by atoms with Crippen molar-refractivity contribution in [3.05, 3.63) is 64.4 Å². The van der Waals surface area contributed by atoms with Crippen molar-refractivity contribution >= 4 is 11.3 Å². The van der Waals surface area contributed by atoms with Crippen molar-refractivity contribution in [1.82, 2.24) is 10.2 Å². The van der Waals surface area contributed by atoms with E-state index in [1.165, 1.54) is 24.3 Å². The van der Waals surface area contributed by atoms with E-state index in [4.69, 9.17) is 10.5 Å². The van der Waals surface area contributed by atoms with Crippen LogP contribution in [0.3, 0.4) is 0 Å². The zero-order valence-electron chi connectivity index (χ0n) is 18.9. The third kappa shape index (κ3) is 6.31. The van der Waals surface area contributed by atoms with Crippen molar-refractivity contribution in [1.29, 1.82) is 0 Å². The van der Waals surface area contributed by atoms with Gasteiger partial charge in [-0.15, -0.1) is 10.2 Å². The molecule has 0 saturated heterocycles. The molecule has 0 bridgehead atoms. The van der Waals surface area contributed by atoms with Gasteiger partial charge in [0.05, 0.1) is 24.3 Å². The highest BCUT2D eigenvalue weighted by Gasteiger charge is 2.35. The number of nitrogens with two attached hydrogens (primary N) is 1. The molecular formula is C24H27F4N3O2S. The van der Waals surface area contributed by atoms with E-state index in [1.807, 2.05) is 13.0 Å². The Kier molecular flexibility index (Phi) is 8.27. The van der Waals surface area contributed by atoms with Gasteiger partial charge in [0.15, 0.2) is 0 Å². The number of hydrogen-bond acceptors (Lipinski definition) is 6. The molecule has 0 aliphatic heterocycles. The van der Waals surface area contributed by atoms with Crippen molar-refractivity contribution < 1.29 is 27.4 Å². The van der Waals surface area contributed by atoms with E-state index in [0.717, 1.165) is 29.4 Å². The van der Waals surface area contributed by atoms with Gasteiger partial charge in [-0.2, -0.15) is 13.2 Å². The second-order valence-corrected chi connectivity index (χ2v) is 9.33. The second kappa shape index (κ2) is 10.8. The third-order valence-electron chi connectivity index (χ3n) is 5.54. The lowest BCUT2D eigenvalue weighted by Crippen LogP contribution is -2.36. The number of nitrogens with zero attached hydrogens (tertiary/aromatic N) is 2. The molecule has 34 heavy (non-hydrogen) atoms. The monoisotopic (exact) mass is 497 g/mol. The summed E-state index contributed by atoms with van der Waals surface area (Å²) in [6, 6.07) is 10.1. The first-order valence-electron chi connectivity index (χ1n) is 10.9. The number of benzene rings is 2. The van der Waals surface area contributed by atoms with Crippen molar-refractivity contribution in [3.8, 4) is 16.3 Å². The maximum Gasteiger partial charge on any atom is 0.419 e. The number of ether oxygens (including phenoxy) is 1. The molecule has 0 aliphatic carbocycles. The van der Waals surface area contributed by atoms with E-state index in [-0.39, 0.29) is 41.3 Å². The molecule has 5 nitrogen and oxygen atoms in total. The number of hydrogen-bond donors (Lipinski definition) is 2. The lowest BCUT2D eigenvalue weighted by molar-refractivity contribution is -0.138. The summed E-state index contributed by atoms with van der Waals surface area (Å²) in [6.07, 6.45) is -2.66. The molecule has 1 unspecified atom stereocenters. The predicted octanol–water partition coefficient (Wildman–Crippen LogP) is 5.88. The smallest absolute Gasteiger partial charge is 0.419 e. The summed E-state index contributed by atoms with van der Waals surface area (Å²) in [5.74, 6) is -0.474. The molecule has 10 heteroatoms. The molecule has 2 atom stereocenters. The van der Waals surface area contributed by atoms with Crippen LogP contribution in [0.2, 0.25) is 0 Å². The summed E-state index contributed by atoms with van der Waals surface area (Å²) in [6.45, 7) is 3.27. The zero-order chi connectivity index (χ0) is 24.9. The van der Waals surface area contributed by atoms with Crippen LogP contribution in [0.25, 0.3) is 10.6 Å². The van der Waals surface area contributed by atoms with Gasteiger partial charge in [-0.25, -0.2) is 4.39 Å². The molecule has 1 aromatic heterocycles. The lowest BCUT2D eigenvalue weighted by Gasteiger charge is -2.18. The van der Waals surface area contributed by atoms with E-state index in [9.17, 15) is 22.7 Å². The Labute approximate surface area is 199 Å². The molecule has 0 saturated carbocycles. The molecule has 0 amide bonds. The summed E-state index contributed by atoms with van der Waals surface area (Å²) in [7, 11) is 0. The average molecular weight is 498 g/mol. The van der Waals surface area contributed by atoms with Crippen LogP contribution in [-0.4, -0.2) is 28.5 Å². The van der Waals surface area contributed by atoms with E-state index in [2.05, 4.69) is 10.2 Å². The van der Waals surface area contributed by atoms with E-state index in [1.54, 1.807) is 13.0 Å². The molecule has 3 aromatic rings. The molecule has 0 radical (unpaired) electrons. The fourth-order valence-electron chi connectivity index (χ4n) is 3.53. The standard InChI is InChI=1S/C24H27F4N3O2S/c1-3-15(16-6-4-8-18(25)12-16)7-5-11-33-20-10-9-17(13-19(20)24(26,27)28)21-30-31-22(34-21)23(2,29)14-32/h4,6,8-10,12-13,15,32H,3,5,7,11,14,29H2,1-2H3/t15?,23-/m0/s1. The van der Waals surface area contributed by atoms with Crippen molar-refractivity contribution in [2.75, 3.05) is 13.2 Å². The van der Waals surface area contributed by atoms with E-state index < -0.39 is 17.3 Å². The van der Waals surface area contributed by atoms with Gasteiger partial charge >= 0.3 is 6.18 Å². The van der Waals surface area contributed by atoms with Crippen LogP contribution in [0.15, 0.2) is 42.5 Å². The lowest BCUT2D eigenvalue weighted by atomic mass is 9.92. The fraction of sp³-hybridized carbons (Fsp3) is 0.417.